The van der Waals surface area contributed by atoms with Crippen LogP contribution in [0.1, 0.15) is 22.7 Å². The van der Waals surface area contributed by atoms with Crippen LogP contribution >= 0.6 is 0 Å². The van der Waals surface area contributed by atoms with Gasteiger partial charge >= 0.3 is 0 Å². The summed E-state index contributed by atoms with van der Waals surface area (Å²) in [6.07, 6.45) is 6.69. The molecule has 30 heavy (non-hydrogen) atoms. The maximum Gasteiger partial charge on any atom is 0.139 e. The summed E-state index contributed by atoms with van der Waals surface area (Å²) >= 11 is 0. The van der Waals surface area contributed by atoms with Crippen LogP contribution in [-0.4, -0.2) is 28.8 Å². The molecule has 0 fully saturated rings. The van der Waals surface area contributed by atoms with Gasteiger partial charge in [-0.25, -0.2) is 4.39 Å². The number of aliphatic hydroxyl groups excluding tert-OH is 1. The fourth-order valence-electron chi connectivity index (χ4n) is 3.75. The van der Waals surface area contributed by atoms with E-state index in [2.05, 4.69) is 21.4 Å². The first-order chi connectivity index (χ1) is 14.7. The SMILES string of the molecule is COc1cncc(NC(Cc2c[nH]c3c(CCO)cccc23)c2ccc(F)cc2)c1. The predicted molar refractivity (Wildman–Crippen MR) is 116 cm³/mol. The lowest BCUT2D eigenvalue weighted by Crippen LogP contribution is -2.14. The van der Waals surface area contributed by atoms with Gasteiger partial charge in [0.1, 0.15) is 11.6 Å². The molecule has 154 valence electrons. The molecular weight excluding hydrogens is 381 g/mol. The van der Waals surface area contributed by atoms with Crippen molar-refractivity contribution in [2.75, 3.05) is 19.0 Å². The van der Waals surface area contributed by atoms with Crippen LogP contribution in [-0.2, 0) is 12.8 Å². The summed E-state index contributed by atoms with van der Waals surface area (Å²) in [5.74, 6) is 0.403. The van der Waals surface area contributed by atoms with Gasteiger partial charge in [0.15, 0.2) is 0 Å². The molecule has 4 aromatic rings. The van der Waals surface area contributed by atoms with Crippen LogP contribution in [0.5, 0.6) is 5.75 Å². The molecule has 6 heteroatoms. The average Bonchev–Trinajstić information content (AvgIpc) is 3.18. The Morgan fingerprint density at radius 3 is 2.73 bits per heavy atom. The molecule has 0 aliphatic carbocycles. The second-order valence-corrected chi connectivity index (χ2v) is 7.19. The Morgan fingerprint density at radius 1 is 1.13 bits per heavy atom. The van der Waals surface area contributed by atoms with E-state index in [-0.39, 0.29) is 18.5 Å². The lowest BCUT2D eigenvalue weighted by atomic mass is 9.97. The van der Waals surface area contributed by atoms with Crippen molar-refractivity contribution in [2.45, 2.75) is 18.9 Å². The molecule has 0 amide bonds. The summed E-state index contributed by atoms with van der Waals surface area (Å²) in [5.41, 5.74) is 5.07. The number of hydrogen-bond donors (Lipinski definition) is 3. The van der Waals surface area contributed by atoms with Crippen molar-refractivity contribution in [2.24, 2.45) is 0 Å². The van der Waals surface area contributed by atoms with Crippen molar-refractivity contribution in [3.8, 4) is 5.75 Å². The minimum absolute atomic E-state index is 0.0972. The van der Waals surface area contributed by atoms with Gasteiger partial charge in [0, 0.05) is 29.8 Å². The Hall–Kier alpha value is -3.38. The molecule has 4 rings (SSSR count). The number of para-hydroxylation sites is 1. The van der Waals surface area contributed by atoms with E-state index in [9.17, 15) is 9.50 Å². The quantitative estimate of drug-likeness (QED) is 0.399. The Labute approximate surface area is 174 Å². The Morgan fingerprint density at radius 2 is 1.97 bits per heavy atom. The van der Waals surface area contributed by atoms with Crippen molar-refractivity contribution >= 4 is 16.6 Å². The van der Waals surface area contributed by atoms with Gasteiger partial charge in [0.05, 0.1) is 31.2 Å². The average molecular weight is 405 g/mol. The zero-order valence-corrected chi connectivity index (χ0v) is 16.7. The number of halogens is 1. The highest BCUT2D eigenvalue weighted by molar-refractivity contribution is 5.86. The number of rotatable bonds is 8. The third-order valence-corrected chi connectivity index (χ3v) is 5.25. The first-order valence-corrected chi connectivity index (χ1v) is 9.87. The molecule has 0 spiro atoms. The van der Waals surface area contributed by atoms with E-state index < -0.39 is 0 Å². The molecular formula is C24H24FN3O2. The number of ether oxygens (including phenoxy) is 1. The Kier molecular flexibility index (Phi) is 5.95. The van der Waals surface area contributed by atoms with Crippen LogP contribution in [0.15, 0.2) is 67.1 Å². The lowest BCUT2D eigenvalue weighted by Gasteiger charge is -2.21. The second-order valence-electron chi connectivity index (χ2n) is 7.19. The summed E-state index contributed by atoms with van der Waals surface area (Å²) in [7, 11) is 1.61. The highest BCUT2D eigenvalue weighted by atomic mass is 19.1. The second kappa shape index (κ2) is 8.97. The third kappa shape index (κ3) is 4.28. The number of aromatic amines is 1. The number of hydrogen-bond acceptors (Lipinski definition) is 4. The first kappa shape index (κ1) is 19.9. The van der Waals surface area contributed by atoms with E-state index in [1.165, 1.54) is 12.1 Å². The van der Waals surface area contributed by atoms with Crippen LogP contribution in [0.2, 0.25) is 0 Å². The van der Waals surface area contributed by atoms with E-state index >= 15 is 0 Å². The number of aliphatic hydroxyl groups is 1. The molecule has 1 unspecified atom stereocenters. The highest BCUT2D eigenvalue weighted by Crippen LogP contribution is 2.29. The molecule has 0 saturated heterocycles. The molecule has 2 aromatic carbocycles. The molecule has 0 saturated carbocycles. The lowest BCUT2D eigenvalue weighted by molar-refractivity contribution is 0.300. The summed E-state index contributed by atoms with van der Waals surface area (Å²) in [5, 5.41) is 14.0. The molecule has 2 heterocycles. The van der Waals surface area contributed by atoms with E-state index in [0.29, 0.717) is 18.6 Å². The van der Waals surface area contributed by atoms with Crippen LogP contribution in [0, 0.1) is 5.82 Å². The molecule has 3 N–H and O–H groups in total. The Balaban J connectivity index is 1.68. The monoisotopic (exact) mass is 405 g/mol. The van der Waals surface area contributed by atoms with Crippen LogP contribution in [0.4, 0.5) is 10.1 Å². The normalized spacial score (nSPS) is 12.1. The van der Waals surface area contributed by atoms with Gasteiger partial charge in [0.25, 0.3) is 0 Å². The zero-order valence-electron chi connectivity index (χ0n) is 16.7. The van der Waals surface area contributed by atoms with Crippen LogP contribution < -0.4 is 10.1 Å². The number of methoxy groups -OCH3 is 1. The van der Waals surface area contributed by atoms with Crippen molar-refractivity contribution in [3.05, 3.63) is 89.6 Å². The van der Waals surface area contributed by atoms with Crippen molar-refractivity contribution in [3.63, 3.8) is 0 Å². The number of anilines is 1. The molecule has 0 bridgehead atoms. The number of H-pyrrole nitrogens is 1. The summed E-state index contributed by atoms with van der Waals surface area (Å²) in [6, 6.07) is 14.5. The largest absolute Gasteiger partial charge is 0.495 e. The molecule has 2 aromatic heterocycles. The summed E-state index contributed by atoms with van der Waals surface area (Å²) in [4.78, 5) is 7.58. The highest BCUT2D eigenvalue weighted by Gasteiger charge is 2.17. The van der Waals surface area contributed by atoms with Crippen LogP contribution in [0.25, 0.3) is 10.9 Å². The van der Waals surface area contributed by atoms with E-state index in [1.807, 2.05) is 24.4 Å². The standard InChI is InChI=1S/C24H24FN3O2/c1-30-21-12-20(14-26-15-21)28-23(16-5-7-19(25)8-6-16)11-18-13-27-24-17(9-10-29)3-2-4-22(18)24/h2-8,12-15,23,27-29H,9-11H2,1H3. The van der Waals surface area contributed by atoms with E-state index in [4.69, 9.17) is 4.74 Å². The van der Waals surface area contributed by atoms with Crippen molar-refractivity contribution < 1.29 is 14.2 Å². The van der Waals surface area contributed by atoms with Gasteiger partial charge in [-0.2, -0.15) is 0 Å². The van der Waals surface area contributed by atoms with Gasteiger partial charge in [-0.15, -0.1) is 0 Å². The third-order valence-electron chi connectivity index (χ3n) is 5.25. The smallest absolute Gasteiger partial charge is 0.139 e. The number of fused-ring (bicyclic) bond motifs is 1. The molecule has 1 atom stereocenters. The fraction of sp³-hybridized carbons (Fsp3) is 0.208. The maximum atomic E-state index is 13.5. The molecule has 5 nitrogen and oxygen atoms in total. The van der Waals surface area contributed by atoms with Crippen molar-refractivity contribution in [1.29, 1.82) is 0 Å². The predicted octanol–water partition coefficient (Wildman–Crippen LogP) is 4.64. The molecule has 0 aliphatic rings. The first-order valence-electron chi connectivity index (χ1n) is 9.87. The number of pyridine rings is 1. The number of aromatic nitrogens is 2. The number of nitrogens with zero attached hydrogens (tertiary/aromatic N) is 1. The fourth-order valence-corrected chi connectivity index (χ4v) is 3.75. The van der Waals surface area contributed by atoms with Gasteiger partial charge < -0.3 is 20.1 Å². The minimum atomic E-state index is -0.263. The maximum absolute atomic E-state index is 13.5. The summed E-state index contributed by atoms with van der Waals surface area (Å²) in [6.45, 7) is 0.107. The van der Waals surface area contributed by atoms with Gasteiger partial charge in [-0.3, -0.25) is 4.98 Å². The number of benzene rings is 2. The molecule has 0 radical (unpaired) electrons. The van der Waals surface area contributed by atoms with Gasteiger partial charge in [-0.1, -0.05) is 30.3 Å². The molecule has 0 aliphatic heterocycles. The Bertz CT molecular complexity index is 1120. The van der Waals surface area contributed by atoms with Gasteiger partial charge in [0.2, 0.25) is 0 Å². The minimum Gasteiger partial charge on any atom is -0.495 e. The van der Waals surface area contributed by atoms with E-state index in [0.717, 1.165) is 33.3 Å². The topological polar surface area (TPSA) is 70.2 Å². The zero-order chi connectivity index (χ0) is 20.9. The van der Waals surface area contributed by atoms with Crippen molar-refractivity contribution in [1.82, 2.24) is 9.97 Å². The van der Waals surface area contributed by atoms with E-state index in [1.54, 1.807) is 31.6 Å². The summed E-state index contributed by atoms with van der Waals surface area (Å²) < 4.78 is 18.8. The number of nitrogens with one attached hydrogen (secondary N) is 2. The van der Waals surface area contributed by atoms with Crippen LogP contribution in [0.3, 0.4) is 0 Å². The van der Waals surface area contributed by atoms with Gasteiger partial charge in [-0.05, 0) is 41.7 Å².